The molecule has 5 atom stereocenters. The van der Waals surface area contributed by atoms with E-state index in [2.05, 4.69) is 16.0 Å². The van der Waals surface area contributed by atoms with Crippen molar-refractivity contribution in [3.8, 4) is 0 Å². The number of aliphatic hydroxyl groups is 2. The lowest BCUT2D eigenvalue weighted by Gasteiger charge is -2.25. The molecule has 5 unspecified atom stereocenters. The van der Waals surface area contributed by atoms with Crippen LogP contribution in [0.25, 0.3) is 0 Å². The minimum absolute atomic E-state index is 0.339. The van der Waals surface area contributed by atoms with Crippen LogP contribution >= 0.6 is 0 Å². The minimum atomic E-state index is -1.47. The number of aliphatic carboxylic acids is 1. The number of unbranched alkanes of at least 4 members (excludes halogenated alkanes) is 1. The fourth-order valence-corrected chi connectivity index (χ4v) is 2.14. The molecule has 0 aliphatic carbocycles. The molecular formula is C16H31N5O7. The molecule has 0 aromatic heterocycles. The molecule has 0 saturated carbocycles. The molecule has 0 aromatic carbocycles. The largest absolute Gasteiger partial charge is 0.480 e. The highest BCUT2D eigenvalue weighted by atomic mass is 16.4. The highest BCUT2D eigenvalue weighted by Crippen LogP contribution is 2.01. The second kappa shape index (κ2) is 13.0. The summed E-state index contributed by atoms with van der Waals surface area (Å²) in [6.07, 6.45) is 0.320. The fourth-order valence-electron chi connectivity index (χ4n) is 2.14. The Morgan fingerprint density at radius 3 is 2.04 bits per heavy atom. The molecule has 0 saturated heterocycles. The van der Waals surface area contributed by atoms with Gasteiger partial charge in [-0.3, -0.25) is 19.2 Å². The van der Waals surface area contributed by atoms with Gasteiger partial charge in [0.15, 0.2) is 0 Å². The van der Waals surface area contributed by atoms with Gasteiger partial charge in [-0.05, 0) is 33.2 Å². The maximum absolute atomic E-state index is 12.3. The van der Waals surface area contributed by atoms with Crippen LogP contribution < -0.4 is 27.4 Å². The van der Waals surface area contributed by atoms with Crippen molar-refractivity contribution in [3.63, 3.8) is 0 Å². The highest BCUT2D eigenvalue weighted by Gasteiger charge is 2.31. The molecule has 0 bridgehead atoms. The van der Waals surface area contributed by atoms with E-state index >= 15 is 0 Å². The molecule has 0 radical (unpaired) electrons. The molecule has 0 spiro atoms. The van der Waals surface area contributed by atoms with Gasteiger partial charge in [-0.15, -0.1) is 0 Å². The van der Waals surface area contributed by atoms with Crippen LogP contribution in [-0.2, 0) is 19.2 Å². The highest BCUT2D eigenvalue weighted by molar-refractivity contribution is 5.94. The summed E-state index contributed by atoms with van der Waals surface area (Å²) in [5.74, 6) is -3.83. The third kappa shape index (κ3) is 9.08. The van der Waals surface area contributed by atoms with Crippen molar-refractivity contribution in [3.05, 3.63) is 0 Å². The summed E-state index contributed by atoms with van der Waals surface area (Å²) in [4.78, 5) is 47.2. The average Bonchev–Trinajstić information content (AvgIpc) is 2.62. The Kier molecular flexibility index (Phi) is 11.9. The van der Waals surface area contributed by atoms with Crippen molar-refractivity contribution >= 4 is 23.7 Å². The summed E-state index contributed by atoms with van der Waals surface area (Å²) in [7, 11) is 0. The number of nitrogens with one attached hydrogen (secondary N) is 3. The summed E-state index contributed by atoms with van der Waals surface area (Å²) in [6, 6.07) is -5.04. The zero-order valence-corrected chi connectivity index (χ0v) is 16.1. The zero-order chi connectivity index (χ0) is 21.9. The van der Waals surface area contributed by atoms with E-state index in [1.165, 1.54) is 13.8 Å². The Morgan fingerprint density at radius 2 is 1.57 bits per heavy atom. The van der Waals surface area contributed by atoms with Crippen LogP contribution in [0.5, 0.6) is 0 Å². The molecular weight excluding hydrogens is 374 g/mol. The van der Waals surface area contributed by atoms with E-state index in [4.69, 9.17) is 16.6 Å². The van der Waals surface area contributed by atoms with Crippen molar-refractivity contribution in [1.82, 2.24) is 16.0 Å². The van der Waals surface area contributed by atoms with Crippen molar-refractivity contribution in [2.24, 2.45) is 11.5 Å². The number of aliphatic hydroxyl groups excluding tert-OH is 2. The predicted molar refractivity (Wildman–Crippen MR) is 98.7 cm³/mol. The zero-order valence-electron chi connectivity index (χ0n) is 16.1. The quantitative estimate of drug-likeness (QED) is 0.142. The average molecular weight is 405 g/mol. The lowest BCUT2D eigenvalue weighted by Crippen LogP contribution is -2.60. The summed E-state index contributed by atoms with van der Waals surface area (Å²) in [5.41, 5.74) is 11.1. The van der Waals surface area contributed by atoms with Crippen molar-refractivity contribution < 1.29 is 34.5 Å². The number of rotatable bonds is 13. The summed E-state index contributed by atoms with van der Waals surface area (Å²) >= 11 is 0. The van der Waals surface area contributed by atoms with Gasteiger partial charge in [-0.1, -0.05) is 6.42 Å². The number of carbonyl (C=O) groups is 4. The Labute approximate surface area is 163 Å². The van der Waals surface area contributed by atoms with Crippen LogP contribution in [0.4, 0.5) is 0 Å². The van der Waals surface area contributed by atoms with E-state index in [9.17, 15) is 29.4 Å². The van der Waals surface area contributed by atoms with Crippen LogP contribution in [0.2, 0.25) is 0 Å². The third-order valence-electron chi connectivity index (χ3n) is 3.91. The summed E-state index contributed by atoms with van der Waals surface area (Å²) in [5, 5.41) is 34.5. The second-order valence-electron chi connectivity index (χ2n) is 6.43. The monoisotopic (exact) mass is 405 g/mol. The van der Waals surface area contributed by atoms with Gasteiger partial charge in [-0.2, -0.15) is 0 Å². The Hall–Kier alpha value is -2.28. The molecule has 0 aliphatic rings. The first kappa shape index (κ1) is 25.7. The van der Waals surface area contributed by atoms with E-state index in [0.717, 1.165) is 0 Å². The molecule has 0 aliphatic heterocycles. The molecule has 162 valence electrons. The number of amides is 3. The molecule has 3 amide bonds. The van der Waals surface area contributed by atoms with Gasteiger partial charge in [0.25, 0.3) is 0 Å². The van der Waals surface area contributed by atoms with Crippen molar-refractivity contribution in [2.75, 3.05) is 13.2 Å². The van der Waals surface area contributed by atoms with Gasteiger partial charge in [0.1, 0.15) is 18.1 Å². The van der Waals surface area contributed by atoms with E-state index in [1.54, 1.807) is 0 Å². The number of carboxylic acids is 1. The number of carboxylic acid groups (broad SMARTS) is 1. The number of carbonyl (C=O) groups excluding carboxylic acids is 3. The van der Waals surface area contributed by atoms with E-state index in [0.29, 0.717) is 25.8 Å². The fraction of sp³-hybridized carbons (Fsp3) is 0.750. The Bertz CT molecular complexity index is 543. The first-order valence-corrected chi connectivity index (χ1v) is 8.93. The van der Waals surface area contributed by atoms with E-state index in [-0.39, 0.29) is 0 Å². The van der Waals surface area contributed by atoms with Crippen LogP contribution in [0, 0.1) is 0 Å². The van der Waals surface area contributed by atoms with Crippen LogP contribution in [0.1, 0.15) is 33.1 Å². The first-order chi connectivity index (χ1) is 13.0. The van der Waals surface area contributed by atoms with Gasteiger partial charge < -0.3 is 42.7 Å². The summed E-state index contributed by atoms with van der Waals surface area (Å²) < 4.78 is 0. The molecule has 10 N–H and O–H groups in total. The van der Waals surface area contributed by atoms with Gasteiger partial charge >= 0.3 is 5.97 Å². The van der Waals surface area contributed by atoms with Gasteiger partial charge in [-0.25, -0.2) is 0 Å². The Balaban J connectivity index is 4.92. The lowest BCUT2D eigenvalue weighted by atomic mass is 10.1. The van der Waals surface area contributed by atoms with Crippen LogP contribution in [-0.4, -0.2) is 82.4 Å². The maximum atomic E-state index is 12.3. The van der Waals surface area contributed by atoms with Gasteiger partial charge in [0.05, 0.1) is 18.8 Å². The topological polar surface area (TPSA) is 217 Å². The normalized spacial score (nSPS) is 16.2. The molecule has 0 aromatic rings. The minimum Gasteiger partial charge on any atom is -0.480 e. The standard InChI is InChI=1S/C16H31N5O7/c1-8(16(27)28)19-14(25)11(7-22)20-15(26)12(9(2)23)21-13(24)10(18)5-3-4-6-17/h8-12,22-23H,3-7,17-18H2,1-2H3,(H,19,25)(H,20,26)(H,21,24)(H,27,28). The number of hydrogen-bond donors (Lipinski definition) is 8. The molecule has 0 fully saturated rings. The second-order valence-corrected chi connectivity index (χ2v) is 6.43. The number of hydrogen-bond acceptors (Lipinski definition) is 8. The molecule has 12 heteroatoms. The van der Waals surface area contributed by atoms with Crippen molar-refractivity contribution in [2.45, 2.75) is 63.4 Å². The molecule has 0 rings (SSSR count). The molecule has 0 heterocycles. The van der Waals surface area contributed by atoms with Gasteiger partial charge in [0, 0.05) is 0 Å². The van der Waals surface area contributed by atoms with Crippen LogP contribution in [0.15, 0.2) is 0 Å². The molecule has 28 heavy (non-hydrogen) atoms. The first-order valence-electron chi connectivity index (χ1n) is 8.93. The predicted octanol–water partition coefficient (Wildman–Crippen LogP) is -3.63. The number of nitrogens with two attached hydrogens (primary N) is 2. The lowest BCUT2D eigenvalue weighted by molar-refractivity contribution is -0.142. The summed E-state index contributed by atoms with van der Waals surface area (Å²) in [6.45, 7) is 2.10. The van der Waals surface area contributed by atoms with Gasteiger partial charge in [0.2, 0.25) is 17.7 Å². The smallest absolute Gasteiger partial charge is 0.325 e. The van der Waals surface area contributed by atoms with Crippen LogP contribution in [0.3, 0.4) is 0 Å². The Morgan fingerprint density at radius 1 is 0.964 bits per heavy atom. The van der Waals surface area contributed by atoms with E-state index in [1.807, 2.05) is 0 Å². The third-order valence-corrected chi connectivity index (χ3v) is 3.91. The van der Waals surface area contributed by atoms with Crippen molar-refractivity contribution in [1.29, 1.82) is 0 Å². The maximum Gasteiger partial charge on any atom is 0.325 e. The van der Waals surface area contributed by atoms with E-state index < -0.39 is 60.6 Å². The SMILES string of the molecule is CC(NC(=O)C(CO)NC(=O)C(NC(=O)C(N)CCCCN)C(C)O)C(=O)O. The molecule has 12 nitrogen and oxygen atoms in total.